The van der Waals surface area contributed by atoms with Crippen molar-refractivity contribution in [2.75, 3.05) is 5.73 Å². The molecule has 2 aromatic heterocycles. The van der Waals surface area contributed by atoms with Crippen LogP contribution >= 0.6 is 11.6 Å². The number of aromatic nitrogens is 4. The molecule has 0 aliphatic heterocycles. The highest BCUT2D eigenvalue weighted by Gasteiger charge is 2.24. The van der Waals surface area contributed by atoms with E-state index in [0.717, 1.165) is 52.0 Å². The number of fused-ring (bicyclic) bond motifs is 1. The number of benzene rings is 2. The van der Waals surface area contributed by atoms with E-state index in [1.165, 1.54) is 12.8 Å². The van der Waals surface area contributed by atoms with Crippen molar-refractivity contribution in [3.8, 4) is 22.5 Å². The summed E-state index contributed by atoms with van der Waals surface area (Å²) in [6, 6.07) is 14.0. The quantitative estimate of drug-likeness (QED) is 0.479. The number of H-pyrrole nitrogens is 1. The number of hydrogen-bond acceptors (Lipinski definition) is 4. The van der Waals surface area contributed by atoms with E-state index in [2.05, 4.69) is 16.3 Å². The molecule has 6 heteroatoms. The largest absolute Gasteiger partial charge is 0.382 e. The van der Waals surface area contributed by atoms with Crippen LogP contribution in [0.4, 0.5) is 5.82 Å². The summed E-state index contributed by atoms with van der Waals surface area (Å²) in [5.74, 6) is 0.911. The number of hydrogen-bond donors (Lipinski definition) is 2. The fourth-order valence-electron chi connectivity index (χ4n) is 4.11. The second-order valence-electron chi connectivity index (χ2n) is 7.33. The van der Waals surface area contributed by atoms with Gasteiger partial charge >= 0.3 is 0 Å². The maximum atomic E-state index is 6.51. The summed E-state index contributed by atoms with van der Waals surface area (Å²) in [6.45, 7) is 0. The molecule has 4 aromatic rings. The van der Waals surface area contributed by atoms with E-state index in [0.29, 0.717) is 16.8 Å². The van der Waals surface area contributed by atoms with Crippen LogP contribution in [-0.2, 0) is 0 Å². The third-order valence-electron chi connectivity index (χ3n) is 5.51. The Bertz CT molecular complexity index is 1150. The number of nitrogens with zero attached hydrogens (tertiary/aromatic N) is 3. The lowest BCUT2D eigenvalue weighted by Gasteiger charge is -2.16. The summed E-state index contributed by atoms with van der Waals surface area (Å²) < 4.78 is 0. The molecule has 1 aliphatic rings. The Kier molecular flexibility index (Phi) is 4.24. The molecule has 2 heterocycles. The fraction of sp³-hybridized carbons (Fsp3) is 0.227. The molecule has 0 bridgehead atoms. The molecular formula is C22H20ClN5. The smallest absolute Gasteiger partial charge is 0.146 e. The van der Waals surface area contributed by atoms with Gasteiger partial charge in [0.25, 0.3) is 0 Å². The summed E-state index contributed by atoms with van der Waals surface area (Å²) in [5.41, 5.74) is 11.6. The number of nitrogen functional groups attached to an aromatic ring is 1. The predicted octanol–water partition coefficient (Wildman–Crippen LogP) is 5.58. The van der Waals surface area contributed by atoms with Gasteiger partial charge in [0.1, 0.15) is 5.82 Å². The molecule has 0 amide bonds. The fourth-order valence-corrected chi connectivity index (χ4v) is 4.38. The van der Waals surface area contributed by atoms with Crippen LogP contribution < -0.4 is 5.73 Å². The summed E-state index contributed by atoms with van der Waals surface area (Å²) in [6.07, 6.45) is 6.44. The average molecular weight is 390 g/mol. The van der Waals surface area contributed by atoms with Crippen molar-refractivity contribution >= 4 is 28.3 Å². The molecule has 5 rings (SSSR count). The Hall–Kier alpha value is -2.92. The maximum absolute atomic E-state index is 6.51. The van der Waals surface area contributed by atoms with Crippen LogP contribution in [0.5, 0.6) is 0 Å². The molecule has 28 heavy (non-hydrogen) atoms. The van der Waals surface area contributed by atoms with Crippen LogP contribution in [0.15, 0.2) is 48.7 Å². The molecular weight excluding hydrogens is 370 g/mol. The standard InChI is InChI=1S/C22H20ClN5/c23-17-11-15(10-16-12-25-28-18(16)17)20-19(13-6-2-1-3-7-13)27-22(24)21(26-20)14-8-4-5-9-14/h1-3,6-7,10-12,14H,4-5,8-9H2,(H2,24,27)(H,25,28). The predicted molar refractivity (Wildman–Crippen MR) is 113 cm³/mol. The van der Waals surface area contributed by atoms with E-state index in [-0.39, 0.29) is 0 Å². The first-order chi connectivity index (χ1) is 13.7. The van der Waals surface area contributed by atoms with Gasteiger partial charge in [-0.1, -0.05) is 54.8 Å². The van der Waals surface area contributed by atoms with Crippen molar-refractivity contribution in [3.05, 3.63) is 59.4 Å². The van der Waals surface area contributed by atoms with Gasteiger partial charge in [-0.3, -0.25) is 5.10 Å². The van der Waals surface area contributed by atoms with Gasteiger partial charge in [0, 0.05) is 22.4 Å². The van der Waals surface area contributed by atoms with Crippen LogP contribution in [0.3, 0.4) is 0 Å². The number of nitrogens with one attached hydrogen (secondary N) is 1. The molecule has 140 valence electrons. The van der Waals surface area contributed by atoms with Gasteiger partial charge in [0.15, 0.2) is 0 Å². The van der Waals surface area contributed by atoms with Gasteiger partial charge in [-0.15, -0.1) is 0 Å². The monoisotopic (exact) mass is 389 g/mol. The Morgan fingerprint density at radius 2 is 1.71 bits per heavy atom. The SMILES string of the molecule is Nc1nc(-c2ccccc2)c(-c2cc(Cl)c3[nH]ncc3c2)nc1C1CCCC1. The number of nitrogens with two attached hydrogens (primary N) is 1. The summed E-state index contributed by atoms with van der Waals surface area (Å²) >= 11 is 6.51. The first-order valence-corrected chi connectivity index (χ1v) is 9.94. The van der Waals surface area contributed by atoms with Crippen molar-refractivity contribution < 1.29 is 0 Å². The average Bonchev–Trinajstić information content (AvgIpc) is 3.40. The minimum absolute atomic E-state index is 0.379. The maximum Gasteiger partial charge on any atom is 0.146 e. The van der Waals surface area contributed by atoms with Crippen LogP contribution in [0.2, 0.25) is 5.02 Å². The summed E-state index contributed by atoms with van der Waals surface area (Å²) in [5, 5.41) is 8.61. The lowest BCUT2D eigenvalue weighted by atomic mass is 9.99. The van der Waals surface area contributed by atoms with Gasteiger partial charge in [-0.2, -0.15) is 5.10 Å². The number of anilines is 1. The van der Waals surface area contributed by atoms with Crippen molar-refractivity contribution in [2.45, 2.75) is 31.6 Å². The third kappa shape index (κ3) is 2.92. The lowest BCUT2D eigenvalue weighted by Crippen LogP contribution is -2.08. The Balaban J connectivity index is 1.76. The third-order valence-corrected chi connectivity index (χ3v) is 5.81. The van der Waals surface area contributed by atoms with Crippen LogP contribution in [0, 0.1) is 0 Å². The van der Waals surface area contributed by atoms with Crippen molar-refractivity contribution in [1.29, 1.82) is 0 Å². The van der Waals surface area contributed by atoms with E-state index in [1.807, 2.05) is 36.4 Å². The van der Waals surface area contributed by atoms with Crippen molar-refractivity contribution in [2.24, 2.45) is 0 Å². The van der Waals surface area contributed by atoms with Gasteiger partial charge in [0.2, 0.25) is 0 Å². The minimum Gasteiger partial charge on any atom is -0.382 e. The van der Waals surface area contributed by atoms with E-state index in [9.17, 15) is 0 Å². The minimum atomic E-state index is 0.379. The highest BCUT2D eigenvalue weighted by atomic mass is 35.5. The Labute approximate surface area is 168 Å². The highest BCUT2D eigenvalue weighted by molar-refractivity contribution is 6.35. The lowest BCUT2D eigenvalue weighted by molar-refractivity contribution is 0.697. The van der Waals surface area contributed by atoms with Crippen LogP contribution in [0.1, 0.15) is 37.3 Å². The molecule has 5 nitrogen and oxygen atoms in total. The second-order valence-corrected chi connectivity index (χ2v) is 7.74. The number of rotatable bonds is 3. The number of halogens is 1. The van der Waals surface area contributed by atoms with Gasteiger partial charge in [0.05, 0.1) is 33.8 Å². The van der Waals surface area contributed by atoms with Crippen molar-refractivity contribution in [1.82, 2.24) is 20.2 Å². The summed E-state index contributed by atoms with van der Waals surface area (Å²) in [4.78, 5) is 9.87. The van der Waals surface area contributed by atoms with Gasteiger partial charge < -0.3 is 5.73 Å². The molecule has 3 N–H and O–H groups in total. The topological polar surface area (TPSA) is 80.5 Å². The van der Waals surface area contributed by atoms with Crippen molar-refractivity contribution in [3.63, 3.8) is 0 Å². The van der Waals surface area contributed by atoms with E-state index >= 15 is 0 Å². The Morgan fingerprint density at radius 1 is 0.964 bits per heavy atom. The molecule has 1 fully saturated rings. The highest BCUT2D eigenvalue weighted by Crippen LogP contribution is 2.40. The molecule has 0 atom stereocenters. The van der Waals surface area contributed by atoms with Gasteiger partial charge in [-0.25, -0.2) is 9.97 Å². The molecule has 1 saturated carbocycles. The van der Waals surface area contributed by atoms with E-state index in [4.69, 9.17) is 27.3 Å². The number of aromatic amines is 1. The second kappa shape index (κ2) is 6.91. The molecule has 0 unspecified atom stereocenters. The van der Waals surface area contributed by atoms with Crippen LogP contribution in [-0.4, -0.2) is 20.2 Å². The molecule has 0 radical (unpaired) electrons. The molecule has 2 aromatic carbocycles. The zero-order chi connectivity index (χ0) is 19.1. The molecule has 1 aliphatic carbocycles. The zero-order valence-electron chi connectivity index (χ0n) is 15.3. The summed E-state index contributed by atoms with van der Waals surface area (Å²) in [7, 11) is 0. The molecule has 0 saturated heterocycles. The molecule has 0 spiro atoms. The van der Waals surface area contributed by atoms with Gasteiger partial charge in [-0.05, 0) is 25.0 Å². The zero-order valence-corrected chi connectivity index (χ0v) is 16.1. The van der Waals surface area contributed by atoms with E-state index < -0.39 is 0 Å². The Morgan fingerprint density at radius 3 is 2.50 bits per heavy atom. The van der Waals surface area contributed by atoms with E-state index in [1.54, 1.807) is 6.20 Å². The van der Waals surface area contributed by atoms with Crippen LogP contribution in [0.25, 0.3) is 33.4 Å². The normalized spacial score (nSPS) is 14.8. The first kappa shape index (κ1) is 17.2. The first-order valence-electron chi connectivity index (χ1n) is 9.56.